The standard InChI is InChI=1S/C21H26ClN5O2S/c1-6-30(28,18-13-11-17(29-5)12-14-18)24-19(15-7-9-16(22)10-8-15)20-23-25-26-27(20)21(2,3)4/h7-14,19H,6H2,1-5H3. The lowest BCUT2D eigenvalue weighted by molar-refractivity contribution is 0.331. The van der Waals surface area contributed by atoms with E-state index in [-0.39, 0.29) is 5.54 Å². The summed E-state index contributed by atoms with van der Waals surface area (Å²) in [6, 6.07) is 13.8. The summed E-state index contributed by atoms with van der Waals surface area (Å²) in [5, 5.41) is 12.9. The summed E-state index contributed by atoms with van der Waals surface area (Å²) in [4.78, 5) is 0.638. The molecule has 0 aliphatic carbocycles. The zero-order valence-corrected chi connectivity index (χ0v) is 19.3. The van der Waals surface area contributed by atoms with Gasteiger partial charge in [-0.25, -0.2) is 13.3 Å². The van der Waals surface area contributed by atoms with Crippen molar-refractivity contribution in [1.82, 2.24) is 20.2 Å². The van der Waals surface area contributed by atoms with Gasteiger partial charge >= 0.3 is 0 Å². The molecule has 9 heteroatoms. The summed E-state index contributed by atoms with van der Waals surface area (Å²) in [5.41, 5.74) is 0.445. The highest BCUT2D eigenvalue weighted by Gasteiger charge is 2.28. The molecule has 0 saturated heterocycles. The molecule has 0 fully saturated rings. The lowest BCUT2D eigenvalue weighted by Gasteiger charge is -2.23. The van der Waals surface area contributed by atoms with Crippen molar-refractivity contribution < 1.29 is 8.95 Å². The van der Waals surface area contributed by atoms with E-state index in [9.17, 15) is 4.21 Å². The van der Waals surface area contributed by atoms with Gasteiger partial charge in [-0.3, -0.25) is 0 Å². The zero-order chi connectivity index (χ0) is 21.9. The normalized spacial score (nSPS) is 14.7. The van der Waals surface area contributed by atoms with Gasteiger partial charge in [0.05, 0.1) is 22.4 Å². The number of tetrazole rings is 1. The van der Waals surface area contributed by atoms with E-state index in [1.165, 1.54) is 0 Å². The molecular formula is C21H26ClN5O2S. The smallest absolute Gasteiger partial charge is 0.181 e. The van der Waals surface area contributed by atoms with Crippen LogP contribution in [0.25, 0.3) is 0 Å². The molecule has 1 heterocycles. The molecule has 3 rings (SSSR count). The van der Waals surface area contributed by atoms with E-state index in [1.807, 2.05) is 39.8 Å². The second kappa shape index (κ2) is 8.73. The van der Waals surface area contributed by atoms with Crippen molar-refractivity contribution in [2.45, 2.75) is 44.2 Å². The van der Waals surface area contributed by atoms with Crippen LogP contribution in [-0.4, -0.2) is 37.3 Å². The second-order valence-corrected chi connectivity index (χ2v) is 10.8. The van der Waals surface area contributed by atoms with Crippen molar-refractivity contribution in [3.8, 4) is 5.75 Å². The summed E-state index contributed by atoms with van der Waals surface area (Å²) in [7, 11) is -1.15. The third kappa shape index (κ3) is 4.65. The Kier molecular flexibility index (Phi) is 6.47. The van der Waals surface area contributed by atoms with Gasteiger partial charge in [-0.2, -0.15) is 0 Å². The van der Waals surface area contributed by atoms with E-state index in [0.717, 1.165) is 5.56 Å². The molecular weight excluding hydrogens is 422 g/mol. The minimum atomic E-state index is -2.75. The summed E-state index contributed by atoms with van der Waals surface area (Å²) in [6.45, 7) is 7.88. The number of nitrogens with zero attached hydrogens (tertiary/aromatic N) is 5. The van der Waals surface area contributed by atoms with Crippen LogP contribution in [0.4, 0.5) is 0 Å². The van der Waals surface area contributed by atoms with E-state index >= 15 is 0 Å². The first-order valence-electron chi connectivity index (χ1n) is 9.60. The van der Waals surface area contributed by atoms with E-state index in [4.69, 9.17) is 20.7 Å². The number of aromatic nitrogens is 4. The third-order valence-electron chi connectivity index (χ3n) is 4.65. The summed E-state index contributed by atoms with van der Waals surface area (Å²) >= 11 is 6.09. The minimum absolute atomic E-state index is 0.348. The number of benzene rings is 2. The first-order chi connectivity index (χ1) is 14.2. The number of methoxy groups -OCH3 is 1. The van der Waals surface area contributed by atoms with Crippen LogP contribution in [-0.2, 0) is 15.3 Å². The molecule has 0 aliphatic rings. The SMILES string of the molecule is CCS(=O)(=NC(c1ccc(Cl)cc1)c1nnnn1C(C)(C)C)c1ccc(OC)cc1. The van der Waals surface area contributed by atoms with Gasteiger partial charge in [-0.05, 0) is 73.2 Å². The van der Waals surface area contributed by atoms with Crippen molar-refractivity contribution in [2.75, 3.05) is 12.9 Å². The van der Waals surface area contributed by atoms with Gasteiger partial charge < -0.3 is 4.74 Å². The van der Waals surface area contributed by atoms with Crippen molar-refractivity contribution >= 4 is 21.3 Å². The minimum Gasteiger partial charge on any atom is -0.497 e. The van der Waals surface area contributed by atoms with Gasteiger partial charge in [-0.1, -0.05) is 30.7 Å². The van der Waals surface area contributed by atoms with Crippen LogP contribution in [0.1, 0.15) is 45.1 Å². The van der Waals surface area contributed by atoms with Gasteiger partial charge in [0.25, 0.3) is 0 Å². The molecule has 0 aliphatic heterocycles. The predicted molar refractivity (Wildman–Crippen MR) is 118 cm³/mol. The molecule has 7 nitrogen and oxygen atoms in total. The average Bonchev–Trinajstić information content (AvgIpc) is 3.23. The highest BCUT2D eigenvalue weighted by Crippen LogP contribution is 2.31. The van der Waals surface area contributed by atoms with E-state index in [2.05, 4.69) is 15.5 Å². The fraction of sp³-hybridized carbons (Fsp3) is 0.381. The lowest BCUT2D eigenvalue weighted by atomic mass is 10.0. The number of hydrogen-bond donors (Lipinski definition) is 0. The number of halogens is 1. The maximum atomic E-state index is 14.0. The highest BCUT2D eigenvalue weighted by molar-refractivity contribution is 7.93. The Bertz CT molecular complexity index is 1110. The van der Waals surface area contributed by atoms with Crippen LogP contribution in [0.15, 0.2) is 57.8 Å². The fourth-order valence-electron chi connectivity index (χ4n) is 3.01. The van der Waals surface area contributed by atoms with Crippen LogP contribution >= 0.6 is 11.6 Å². The van der Waals surface area contributed by atoms with Crippen LogP contribution in [0.2, 0.25) is 5.02 Å². The van der Waals surface area contributed by atoms with Crippen LogP contribution in [0.3, 0.4) is 0 Å². The van der Waals surface area contributed by atoms with E-state index in [0.29, 0.717) is 27.2 Å². The quantitative estimate of drug-likeness (QED) is 0.545. The molecule has 2 atom stereocenters. The monoisotopic (exact) mass is 447 g/mol. The van der Waals surface area contributed by atoms with Gasteiger partial charge in [-0.15, -0.1) is 5.10 Å². The Morgan fingerprint density at radius 2 is 1.77 bits per heavy atom. The molecule has 2 unspecified atom stereocenters. The maximum Gasteiger partial charge on any atom is 0.181 e. The first kappa shape index (κ1) is 22.2. The molecule has 1 aromatic heterocycles. The molecule has 0 amide bonds. The van der Waals surface area contributed by atoms with Crippen molar-refractivity contribution in [1.29, 1.82) is 0 Å². The number of ether oxygens (including phenoxy) is 1. The highest BCUT2D eigenvalue weighted by atomic mass is 35.5. The molecule has 0 N–H and O–H groups in total. The second-order valence-electron chi connectivity index (χ2n) is 7.78. The Labute approximate surface area is 182 Å². The maximum absolute atomic E-state index is 14.0. The Balaban J connectivity index is 2.22. The summed E-state index contributed by atoms with van der Waals surface area (Å²) in [6.07, 6.45) is 0. The molecule has 0 bridgehead atoms. The number of rotatable bonds is 6. The van der Waals surface area contributed by atoms with E-state index in [1.54, 1.807) is 48.2 Å². The van der Waals surface area contributed by atoms with Gasteiger partial charge in [0, 0.05) is 15.7 Å². The largest absolute Gasteiger partial charge is 0.497 e. The molecule has 0 spiro atoms. The molecule has 0 saturated carbocycles. The van der Waals surface area contributed by atoms with E-state index < -0.39 is 15.8 Å². The topological polar surface area (TPSA) is 82.3 Å². The molecule has 0 radical (unpaired) electrons. The van der Waals surface area contributed by atoms with Crippen molar-refractivity contribution in [3.05, 3.63) is 64.9 Å². The molecule has 160 valence electrons. The molecule has 2 aromatic carbocycles. The van der Waals surface area contributed by atoms with Crippen molar-refractivity contribution in [3.63, 3.8) is 0 Å². The van der Waals surface area contributed by atoms with Gasteiger partial charge in [0.15, 0.2) is 5.82 Å². The summed E-state index contributed by atoms with van der Waals surface area (Å²) in [5.74, 6) is 1.57. The predicted octanol–water partition coefficient (Wildman–Crippen LogP) is 4.73. The van der Waals surface area contributed by atoms with Crippen molar-refractivity contribution in [2.24, 2.45) is 4.36 Å². The molecule has 3 aromatic rings. The third-order valence-corrected chi connectivity index (χ3v) is 7.25. The Morgan fingerprint density at radius 1 is 1.13 bits per heavy atom. The van der Waals surface area contributed by atoms with Gasteiger partial charge in [0.2, 0.25) is 0 Å². The first-order valence-corrected chi connectivity index (χ1v) is 11.7. The van der Waals surface area contributed by atoms with Gasteiger partial charge in [0.1, 0.15) is 11.8 Å². The zero-order valence-electron chi connectivity index (χ0n) is 17.7. The average molecular weight is 448 g/mol. The van der Waals surface area contributed by atoms with Crippen LogP contribution < -0.4 is 4.74 Å². The lowest BCUT2D eigenvalue weighted by Crippen LogP contribution is -2.27. The fourth-order valence-corrected chi connectivity index (χ4v) is 4.85. The Hall–Kier alpha value is -2.45. The molecule has 30 heavy (non-hydrogen) atoms. The number of hydrogen-bond acceptors (Lipinski definition) is 6. The summed E-state index contributed by atoms with van der Waals surface area (Å²) < 4.78 is 25.7. The van der Waals surface area contributed by atoms with Crippen LogP contribution in [0, 0.1) is 0 Å². The van der Waals surface area contributed by atoms with Crippen LogP contribution in [0.5, 0.6) is 5.75 Å². The Morgan fingerprint density at radius 3 is 2.30 bits per heavy atom.